The molecule has 1 aliphatic heterocycles. The molecule has 200 valence electrons. The number of anilines is 2. The number of aromatic nitrogens is 2. The van der Waals surface area contributed by atoms with Crippen molar-refractivity contribution < 1.29 is 9.53 Å². The third kappa shape index (κ3) is 8.60. The zero-order valence-electron chi connectivity index (χ0n) is 22.9. The van der Waals surface area contributed by atoms with Crippen LogP contribution in [0.15, 0.2) is 30.5 Å². The van der Waals surface area contributed by atoms with Crippen LogP contribution < -0.4 is 15.5 Å². The Labute approximate surface area is 221 Å². The Bertz CT molecular complexity index is 1070. The van der Waals surface area contributed by atoms with Crippen molar-refractivity contribution in [2.45, 2.75) is 72.1 Å². The Balaban J connectivity index is 1.81. The molecule has 3 rings (SSSR count). The molecule has 1 atom stereocenters. The van der Waals surface area contributed by atoms with Crippen LogP contribution in [-0.4, -0.2) is 65.3 Å². The van der Waals surface area contributed by atoms with E-state index in [1.807, 2.05) is 33.0 Å². The summed E-state index contributed by atoms with van der Waals surface area (Å²) in [4.78, 5) is 26.0. The molecule has 9 heteroatoms. The summed E-state index contributed by atoms with van der Waals surface area (Å²) in [5.74, 6) is 1.71. The summed E-state index contributed by atoms with van der Waals surface area (Å²) in [7, 11) is 0. The monoisotopic (exact) mass is 507 g/mol. The molecule has 2 aromatic rings. The molecule has 1 fully saturated rings. The number of nitriles is 1. The molecule has 0 radical (unpaired) electrons. The molecule has 1 amide bonds. The lowest BCUT2D eigenvalue weighted by atomic mass is 10.1. The zero-order valence-corrected chi connectivity index (χ0v) is 22.9. The first-order chi connectivity index (χ1) is 17.7. The van der Waals surface area contributed by atoms with E-state index in [1.54, 1.807) is 4.90 Å². The van der Waals surface area contributed by atoms with Crippen LogP contribution in [0, 0.1) is 11.3 Å². The highest BCUT2D eigenvalue weighted by molar-refractivity contribution is 5.69. The van der Waals surface area contributed by atoms with Gasteiger partial charge >= 0.3 is 6.09 Å². The number of nitrogens with one attached hydrogen (secondary N) is 2. The molecule has 1 aliphatic rings. The van der Waals surface area contributed by atoms with Gasteiger partial charge in [0.05, 0.1) is 18.3 Å². The zero-order chi connectivity index (χ0) is 26.8. The maximum atomic E-state index is 12.5. The molecule has 0 saturated carbocycles. The first kappa shape index (κ1) is 28.2. The van der Waals surface area contributed by atoms with E-state index in [0.717, 1.165) is 47.7 Å². The number of amides is 1. The van der Waals surface area contributed by atoms with Gasteiger partial charge in [-0.1, -0.05) is 20.3 Å². The molecule has 0 spiro atoms. The molecule has 0 bridgehead atoms. The Morgan fingerprint density at radius 1 is 1.19 bits per heavy atom. The first-order valence-corrected chi connectivity index (χ1v) is 13.3. The van der Waals surface area contributed by atoms with Crippen molar-refractivity contribution in [2.24, 2.45) is 0 Å². The van der Waals surface area contributed by atoms with Crippen molar-refractivity contribution in [1.82, 2.24) is 20.2 Å². The van der Waals surface area contributed by atoms with Crippen LogP contribution in [0.25, 0.3) is 11.3 Å². The van der Waals surface area contributed by atoms with Gasteiger partial charge in [0, 0.05) is 50.5 Å². The van der Waals surface area contributed by atoms with Crippen molar-refractivity contribution in [3.63, 3.8) is 0 Å². The number of hydrogen-bond acceptors (Lipinski definition) is 8. The Hall–Kier alpha value is -3.38. The maximum absolute atomic E-state index is 12.5. The fraction of sp³-hybridized carbons (Fsp3) is 0.571. The second-order valence-corrected chi connectivity index (χ2v) is 10.4. The van der Waals surface area contributed by atoms with E-state index in [-0.39, 0.29) is 12.6 Å². The second-order valence-electron chi connectivity index (χ2n) is 10.4. The van der Waals surface area contributed by atoms with E-state index in [1.165, 1.54) is 0 Å². The fourth-order valence-electron chi connectivity index (χ4n) is 4.30. The molecule has 2 N–H and O–H groups in total. The Morgan fingerprint density at radius 2 is 1.95 bits per heavy atom. The average Bonchev–Trinajstić information content (AvgIpc) is 2.87. The number of piperazine rings is 1. The van der Waals surface area contributed by atoms with Crippen LogP contribution >= 0.6 is 0 Å². The molecule has 3 heterocycles. The van der Waals surface area contributed by atoms with Gasteiger partial charge in [-0.25, -0.2) is 14.8 Å². The normalized spacial score (nSPS) is 14.7. The minimum Gasteiger partial charge on any atom is -0.444 e. The van der Waals surface area contributed by atoms with Gasteiger partial charge in [0.1, 0.15) is 17.2 Å². The minimum atomic E-state index is -0.513. The Morgan fingerprint density at radius 3 is 2.59 bits per heavy atom. The number of hydrogen-bond donors (Lipinski definition) is 2. The van der Waals surface area contributed by atoms with E-state index in [2.05, 4.69) is 58.6 Å². The predicted molar refractivity (Wildman–Crippen MR) is 147 cm³/mol. The van der Waals surface area contributed by atoms with Gasteiger partial charge in [-0.05, 0) is 63.4 Å². The summed E-state index contributed by atoms with van der Waals surface area (Å²) in [6, 6.07) is 10.7. The molecule has 9 nitrogen and oxygen atoms in total. The first-order valence-electron chi connectivity index (χ1n) is 13.3. The molecule has 37 heavy (non-hydrogen) atoms. The SMILES string of the molecule is CCCC(CC)Nc1cc(-c2cc(CNCC#N)cc(N3CCN(C(=O)OC(C)(C)C)CC3)n2)ccn1. The number of pyridine rings is 2. The van der Waals surface area contributed by atoms with Gasteiger partial charge in [0.2, 0.25) is 0 Å². The summed E-state index contributed by atoms with van der Waals surface area (Å²) in [5, 5.41) is 15.7. The molecule has 0 aromatic carbocycles. The lowest BCUT2D eigenvalue weighted by Gasteiger charge is -2.36. The van der Waals surface area contributed by atoms with Gasteiger partial charge in [-0.3, -0.25) is 0 Å². The molecular weight excluding hydrogens is 466 g/mol. The molecule has 0 aliphatic carbocycles. The van der Waals surface area contributed by atoms with E-state index < -0.39 is 5.60 Å². The third-order valence-electron chi connectivity index (χ3n) is 6.20. The highest BCUT2D eigenvalue weighted by Gasteiger charge is 2.26. The predicted octanol–water partition coefficient (Wildman–Crippen LogP) is 4.80. The van der Waals surface area contributed by atoms with E-state index >= 15 is 0 Å². The lowest BCUT2D eigenvalue weighted by molar-refractivity contribution is 0.0240. The third-order valence-corrected chi connectivity index (χ3v) is 6.20. The summed E-state index contributed by atoms with van der Waals surface area (Å²) in [6.45, 7) is 13.3. The van der Waals surface area contributed by atoms with E-state index in [0.29, 0.717) is 38.8 Å². The number of rotatable bonds is 10. The number of nitrogens with zero attached hydrogens (tertiary/aromatic N) is 5. The lowest BCUT2D eigenvalue weighted by Crippen LogP contribution is -2.50. The largest absolute Gasteiger partial charge is 0.444 e. The van der Waals surface area contributed by atoms with Crippen LogP contribution in [0.1, 0.15) is 59.4 Å². The van der Waals surface area contributed by atoms with Gasteiger partial charge in [-0.15, -0.1) is 0 Å². The van der Waals surface area contributed by atoms with Crippen molar-refractivity contribution in [1.29, 1.82) is 5.26 Å². The van der Waals surface area contributed by atoms with Crippen LogP contribution in [0.2, 0.25) is 0 Å². The minimum absolute atomic E-state index is 0.277. The van der Waals surface area contributed by atoms with Crippen molar-refractivity contribution in [3.8, 4) is 17.3 Å². The highest BCUT2D eigenvalue weighted by Crippen LogP contribution is 2.26. The topological polar surface area (TPSA) is 106 Å². The van der Waals surface area contributed by atoms with Crippen molar-refractivity contribution in [2.75, 3.05) is 42.9 Å². The van der Waals surface area contributed by atoms with Crippen molar-refractivity contribution in [3.05, 3.63) is 36.0 Å². The fourth-order valence-corrected chi connectivity index (χ4v) is 4.30. The maximum Gasteiger partial charge on any atom is 0.410 e. The van der Waals surface area contributed by atoms with Gasteiger partial charge in [-0.2, -0.15) is 5.26 Å². The van der Waals surface area contributed by atoms with Gasteiger partial charge in [0.15, 0.2) is 0 Å². The van der Waals surface area contributed by atoms with Crippen molar-refractivity contribution >= 4 is 17.7 Å². The molecular formula is C28H41N7O2. The quantitative estimate of drug-likeness (QED) is 0.349. The highest BCUT2D eigenvalue weighted by atomic mass is 16.6. The Kier molecular flexibility index (Phi) is 10.1. The van der Waals surface area contributed by atoms with E-state index in [9.17, 15) is 4.79 Å². The molecule has 1 unspecified atom stereocenters. The summed E-state index contributed by atoms with van der Waals surface area (Å²) in [6.07, 6.45) is 4.80. The van der Waals surface area contributed by atoms with Gasteiger partial charge in [0.25, 0.3) is 0 Å². The smallest absolute Gasteiger partial charge is 0.410 e. The number of carbonyl (C=O) groups is 1. The molecule has 2 aromatic heterocycles. The number of ether oxygens (including phenoxy) is 1. The van der Waals surface area contributed by atoms with Crippen LogP contribution in [0.3, 0.4) is 0 Å². The average molecular weight is 508 g/mol. The summed E-state index contributed by atoms with van der Waals surface area (Å²) < 4.78 is 5.54. The summed E-state index contributed by atoms with van der Waals surface area (Å²) >= 11 is 0. The summed E-state index contributed by atoms with van der Waals surface area (Å²) in [5.41, 5.74) is 2.38. The van der Waals surface area contributed by atoms with Crippen LogP contribution in [0.4, 0.5) is 16.4 Å². The second kappa shape index (κ2) is 13.2. The number of carbonyl (C=O) groups excluding carboxylic acids is 1. The standard InChI is InChI=1S/C28H41N7O2/c1-6-8-23(7-2)32-25-19-22(9-11-31-25)24-17-21(20-30-12-10-29)18-26(33-24)34-13-15-35(16-14-34)27(36)37-28(3,4)5/h9,11,17-19,23,30H,6-8,12-16,20H2,1-5H3,(H,31,32). The van der Waals surface area contributed by atoms with Crippen LogP contribution in [-0.2, 0) is 11.3 Å². The molecule has 1 saturated heterocycles. The van der Waals surface area contributed by atoms with Gasteiger partial charge < -0.3 is 25.2 Å². The van der Waals surface area contributed by atoms with Crippen LogP contribution in [0.5, 0.6) is 0 Å². The van der Waals surface area contributed by atoms with E-state index in [4.69, 9.17) is 15.0 Å².